The molecule has 0 spiro atoms. The third kappa shape index (κ3) is 3.40. The van der Waals surface area contributed by atoms with Crippen molar-refractivity contribution in [2.75, 3.05) is 12.4 Å². The molecule has 110 valence electrons. The van der Waals surface area contributed by atoms with Gasteiger partial charge in [0, 0.05) is 5.56 Å². The Bertz CT molecular complexity index is 680. The van der Waals surface area contributed by atoms with Gasteiger partial charge in [0.05, 0.1) is 17.7 Å². The number of aryl methyl sites for hydroxylation is 1. The van der Waals surface area contributed by atoms with E-state index < -0.39 is 0 Å². The maximum atomic E-state index is 12.3. The molecule has 1 amide bonds. The SMILES string of the molecule is CCc1ccsc1C(=O)Nc1ccc(C(N)=S)cc1OC. The number of rotatable bonds is 5. The van der Waals surface area contributed by atoms with E-state index in [1.165, 1.54) is 18.4 Å². The van der Waals surface area contributed by atoms with Crippen molar-refractivity contribution in [3.05, 3.63) is 45.6 Å². The molecule has 3 N–H and O–H groups in total. The van der Waals surface area contributed by atoms with Crippen LogP contribution in [0.25, 0.3) is 0 Å². The molecule has 0 saturated carbocycles. The van der Waals surface area contributed by atoms with Crippen LogP contribution in [-0.4, -0.2) is 18.0 Å². The van der Waals surface area contributed by atoms with Crippen molar-refractivity contribution < 1.29 is 9.53 Å². The summed E-state index contributed by atoms with van der Waals surface area (Å²) < 4.78 is 5.28. The number of hydrogen-bond acceptors (Lipinski definition) is 4. The number of hydrogen-bond donors (Lipinski definition) is 2. The van der Waals surface area contributed by atoms with Gasteiger partial charge in [-0.2, -0.15) is 0 Å². The Kier molecular flexibility index (Phi) is 4.93. The molecule has 0 aliphatic carbocycles. The van der Waals surface area contributed by atoms with Crippen molar-refractivity contribution in [2.45, 2.75) is 13.3 Å². The van der Waals surface area contributed by atoms with E-state index in [0.29, 0.717) is 17.0 Å². The van der Waals surface area contributed by atoms with Crippen LogP contribution in [0, 0.1) is 0 Å². The highest BCUT2D eigenvalue weighted by atomic mass is 32.1. The van der Waals surface area contributed by atoms with Crippen molar-refractivity contribution >= 4 is 40.1 Å². The van der Waals surface area contributed by atoms with Crippen molar-refractivity contribution in [3.63, 3.8) is 0 Å². The highest BCUT2D eigenvalue weighted by molar-refractivity contribution is 7.80. The van der Waals surface area contributed by atoms with Gasteiger partial charge in [0.25, 0.3) is 5.91 Å². The van der Waals surface area contributed by atoms with E-state index in [-0.39, 0.29) is 10.9 Å². The maximum absolute atomic E-state index is 12.3. The number of nitrogens with one attached hydrogen (secondary N) is 1. The second kappa shape index (κ2) is 6.69. The first kappa shape index (κ1) is 15.5. The third-order valence-corrected chi connectivity index (χ3v) is 4.26. The minimum atomic E-state index is -0.136. The minimum absolute atomic E-state index is 0.136. The van der Waals surface area contributed by atoms with E-state index in [9.17, 15) is 4.79 Å². The van der Waals surface area contributed by atoms with Crippen molar-refractivity contribution in [3.8, 4) is 5.75 Å². The minimum Gasteiger partial charge on any atom is -0.495 e. The predicted molar refractivity (Wildman–Crippen MR) is 90.5 cm³/mol. The summed E-state index contributed by atoms with van der Waals surface area (Å²) in [6.45, 7) is 2.02. The van der Waals surface area contributed by atoms with Gasteiger partial charge in [-0.25, -0.2) is 0 Å². The second-order valence-electron chi connectivity index (χ2n) is 4.36. The largest absolute Gasteiger partial charge is 0.495 e. The van der Waals surface area contributed by atoms with E-state index in [1.807, 2.05) is 18.4 Å². The highest BCUT2D eigenvalue weighted by Crippen LogP contribution is 2.27. The van der Waals surface area contributed by atoms with Gasteiger partial charge in [-0.1, -0.05) is 19.1 Å². The van der Waals surface area contributed by atoms with Crippen LogP contribution in [0.4, 0.5) is 5.69 Å². The second-order valence-corrected chi connectivity index (χ2v) is 5.72. The molecule has 1 aromatic heterocycles. The number of nitrogens with two attached hydrogens (primary N) is 1. The number of thiophene rings is 1. The standard InChI is InChI=1S/C15H16N2O2S2/c1-3-9-6-7-21-13(9)15(18)17-11-5-4-10(14(16)20)8-12(11)19-2/h4-8H,3H2,1-2H3,(H2,16,20)(H,17,18). The molecule has 1 aromatic carbocycles. The van der Waals surface area contributed by atoms with Crippen molar-refractivity contribution in [2.24, 2.45) is 5.73 Å². The number of anilines is 1. The smallest absolute Gasteiger partial charge is 0.266 e. The van der Waals surface area contributed by atoms with Crippen LogP contribution in [0.2, 0.25) is 0 Å². The lowest BCUT2D eigenvalue weighted by atomic mass is 10.1. The topological polar surface area (TPSA) is 64.4 Å². The third-order valence-electron chi connectivity index (χ3n) is 3.07. The van der Waals surface area contributed by atoms with Crippen LogP contribution in [0.1, 0.15) is 27.7 Å². The lowest BCUT2D eigenvalue weighted by Crippen LogP contribution is -2.14. The van der Waals surface area contributed by atoms with Gasteiger partial charge in [0.1, 0.15) is 10.7 Å². The van der Waals surface area contributed by atoms with Gasteiger partial charge >= 0.3 is 0 Å². The van der Waals surface area contributed by atoms with Crippen LogP contribution >= 0.6 is 23.6 Å². The Morgan fingerprint density at radius 1 is 1.43 bits per heavy atom. The zero-order chi connectivity index (χ0) is 15.4. The Labute approximate surface area is 132 Å². The fourth-order valence-corrected chi connectivity index (χ4v) is 2.96. The summed E-state index contributed by atoms with van der Waals surface area (Å²) in [7, 11) is 1.54. The summed E-state index contributed by atoms with van der Waals surface area (Å²) in [5.74, 6) is 0.395. The molecule has 6 heteroatoms. The van der Waals surface area contributed by atoms with Crippen molar-refractivity contribution in [1.82, 2.24) is 0 Å². The first-order chi connectivity index (χ1) is 10.1. The summed E-state index contributed by atoms with van der Waals surface area (Å²) in [6.07, 6.45) is 0.823. The van der Waals surface area contributed by atoms with Crippen molar-refractivity contribution in [1.29, 1.82) is 0 Å². The van der Waals surface area contributed by atoms with Gasteiger partial charge < -0.3 is 15.8 Å². The number of ether oxygens (including phenoxy) is 1. The number of carbonyl (C=O) groups excluding carboxylic acids is 1. The summed E-state index contributed by atoms with van der Waals surface area (Å²) in [5.41, 5.74) is 7.93. The van der Waals surface area contributed by atoms with Crippen LogP contribution in [0.5, 0.6) is 5.75 Å². The van der Waals surface area contributed by atoms with Gasteiger partial charge in [0.2, 0.25) is 0 Å². The Hall–Kier alpha value is -1.92. The lowest BCUT2D eigenvalue weighted by molar-refractivity contribution is 0.102. The maximum Gasteiger partial charge on any atom is 0.266 e. The fraction of sp³-hybridized carbons (Fsp3) is 0.200. The quantitative estimate of drug-likeness (QED) is 0.830. The van der Waals surface area contributed by atoms with E-state index in [4.69, 9.17) is 22.7 Å². The molecule has 0 unspecified atom stereocenters. The number of thiocarbonyl (C=S) groups is 1. The number of amides is 1. The van der Waals surface area contributed by atoms with E-state index in [2.05, 4.69) is 5.32 Å². The summed E-state index contributed by atoms with van der Waals surface area (Å²) in [5, 5.41) is 4.78. The summed E-state index contributed by atoms with van der Waals surface area (Å²) >= 11 is 6.36. The molecular weight excluding hydrogens is 304 g/mol. The number of benzene rings is 1. The van der Waals surface area contributed by atoms with Crippen LogP contribution in [0.15, 0.2) is 29.6 Å². The average molecular weight is 320 g/mol. The number of carbonyl (C=O) groups is 1. The Morgan fingerprint density at radius 2 is 2.19 bits per heavy atom. The molecule has 0 aliphatic heterocycles. The van der Waals surface area contributed by atoms with Crippen LogP contribution < -0.4 is 15.8 Å². The summed E-state index contributed by atoms with van der Waals surface area (Å²) in [4.78, 5) is 13.3. The fourth-order valence-electron chi connectivity index (χ4n) is 1.94. The van der Waals surface area contributed by atoms with Gasteiger partial charge in [-0.3, -0.25) is 4.79 Å². The number of methoxy groups -OCH3 is 1. The Balaban J connectivity index is 2.27. The summed E-state index contributed by atoms with van der Waals surface area (Å²) in [6, 6.07) is 7.18. The zero-order valence-corrected chi connectivity index (χ0v) is 13.4. The molecule has 0 saturated heterocycles. The predicted octanol–water partition coefficient (Wildman–Crippen LogP) is 3.21. The molecule has 0 atom stereocenters. The normalized spacial score (nSPS) is 10.2. The van der Waals surface area contributed by atoms with Crippen LogP contribution in [0.3, 0.4) is 0 Å². The van der Waals surface area contributed by atoms with E-state index in [0.717, 1.165) is 16.9 Å². The molecular formula is C15H16N2O2S2. The molecule has 0 fully saturated rings. The highest BCUT2D eigenvalue weighted by Gasteiger charge is 2.15. The first-order valence-corrected chi connectivity index (χ1v) is 7.71. The van der Waals surface area contributed by atoms with E-state index >= 15 is 0 Å². The molecule has 1 heterocycles. The molecule has 4 nitrogen and oxygen atoms in total. The van der Waals surface area contributed by atoms with E-state index in [1.54, 1.807) is 18.2 Å². The lowest BCUT2D eigenvalue weighted by Gasteiger charge is -2.11. The monoisotopic (exact) mass is 320 g/mol. The zero-order valence-electron chi connectivity index (χ0n) is 11.8. The molecule has 0 radical (unpaired) electrons. The van der Waals surface area contributed by atoms with Gasteiger partial charge in [-0.05, 0) is 41.6 Å². The molecule has 21 heavy (non-hydrogen) atoms. The molecule has 2 rings (SSSR count). The average Bonchev–Trinajstić information content (AvgIpc) is 2.95. The first-order valence-electron chi connectivity index (χ1n) is 6.42. The Morgan fingerprint density at radius 3 is 2.81 bits per heavy atom. The van der Waals surface area contributed by atoms with Crippen LogP contribution in [-0.2, 0) is 6.42 Å². The van der Waals surface area contributed by atoms with Gasteiger partial charge in [-0.15, -0.1) is 11.3 Å². The molecule has 0 bridgehead atoms. The molecule has 2 aromatic rings. The van der Waals surface area contributed by atoms with Gasteiger partial charge in [0.15, 0.2) is 0 Å². The molecule has 0 aliphatic rings.